The van der Waals surface area contributed by atoms with E-state index in [0.29, 0.717) is 18.9 Å². The molecule has 0 heterocycles. The van der Waals surface area contributed by atoms with E-state index in [1.165, 1.54) is 0 Å². The van der Waals surface area contributed by atoms with Crippen molar-refractivity contribution in [2.75, 3.05) is 6.54 Å². The molecule has 1 amide bonds. The van der Waals surface area contributed by atoms with Crippen LogP contribution in [-0.4, -0.2) is 18.5 Å². The van der Waals surface area contributed by atoms with Crippen LogP contribution in [0.2, 0.25) is 0 Å². The molecule has 1 rings (SSSR count). The topological polar surface area (TPSA) is 55.1 Å². The van der Waals surface area contributed by atoms with Crippen LogP contribution in [-0.2, 0) is 11.2 Å². The highest BCUT2D eigenvalue weighted by Gasteiger charge is 2.14. The first-order valence-corrected chi connectivity index (χ1v) is 6.73. The van der Waals surface area contributed by atoms with Crippen molar-refractivity contribution in [3.05, 3.63) is 35.9 Å². The Bertz CT molecular complexity index is 347. The van der Waals surface area contributed by atoms with Gasteiger partial charge in [0.25, 0.3) is 0 Å². The molecule has 0 bridgehead atoms. The van der Waals surface area contributed by atoms with Crippen molar-refractivity contribution in [3.8, 4) is 0 Å². The third-order valence-corrected chi connectivity index (χ3v) is 3.40. The zero-order chi connectivity index (χ0) is 13.4. The Morgan fingerprint density at radius 2 is 1.83 bits per heavy atom. The van der Waals surface area contributed by atoms with E-state index in [-0.39, 0.29) is 11.9 Å². The average molecular weight is 248 g/mol. The second kappa shape index (κ2) is 7.88. The number of carbonyl (C=O) groups is 1. The summed E-state index contributed by atoms with van der Waals surface area (Å²) >= 11 is 0. The first-order valence-electron chi connectivity index (χ1n) is 6.73. The van der Waals surface area contributed by atoms with Gasteiger partial charge in [0.1, 0.15) is 0 Å². The monoisotopic (exact) mass is 248 g/mol. The fourth-order valence-corrected chi connectivity index (χ4v) is 2.14. The van der Waals surface area contributed by atoms with E-state index in [4.69, 9.17) is 5.73 Å². The maximum atomic E-state index is 11.7. The smallest absolute Gasteiger partial charge is 0.224 e. The first kappa shape index (κ1) is 14.7. The number of benzene rings is 1. The lowest BCUT2D eigenvalue weighted by atomic mass is 9.95. The van der Waals surface area contributed by atoms with E-state index in [1.807, 2.05) is 30.3 Å². The van der Waals surface area contributed by atoms with E-state index >= 15 is 0 Å². The second-order valence-corrected chi connectivity index (χ2v) is 4.71. The van der Waals surface area contributed by atoms with Gasteiger partial charge in [0.15, 0.2) is 0 Å². The van der Waals surface area contributed by atoms with Gasteiger partial charge in [-0.3, -0.25) is 4.79 Å². The maximum absolute atomic E-state index is 11.7. The molecule has 0 aliphatic heterocycles. The number of hydrogen-bond donors (Lipinski definition) is 2. The van der Waals surface area contributed by atoms with Crippen molar-refractivity contribution in [2.24, 2.45) is 11.7 Å². The van der Waals surface area contributed by atoms with Crippen LogP contribution in [0.5, 0.6) is 0 Å². The Morgan fingerprint density at radius 3 is 2.39 bits per heavy atom. The van der Waals surface area contributed by atoms with Gasteiger partial charge in [-0.25, -0.2) is 0 Å². The summed E-state index contributed by atoms with van der Waals surface area (Å²) in [7, 11) is 0. The number of rotatable bonds is 7. The molecule has 3 heteroatoms. The number of nitrogens with two attached hydrogens (primary N) is 1. The van der Waals surface area contributed by atoms with Crippen molar-refractivity contribution in [2.45, 2.75) is 39.2 Å². The molecule has 1 aromatic carbocycles. The van der Waals surface area contributed by atoms with Crippen molar-refractivity contribution >= 4 is 5.91 Å². The van der Waals surface area contributed by atoms with Crippen molar-refractivity contribution < 1.29 is 4.79 Å². The minimum atomic E-state index is 0.0441. The van der Waals surface area contributed by atoms with Crippen LogP contribution in [0.4, 0.5) is 0 Å². The van der Waals surface area contributed by atoms with Crippen molar-refractivity contribution in [1.29, 1.82) is 0 Å². The molecule has 0 radical (unpaired) electrons. The third-order valence-electron chi connectivity index (χ3n) is 3.40. The van der Waals surface area contributed by atoms with Crippen LogP contribution in [0.3, 0.4) is 0 Å². The molecule has 100 valence electrons. The summed E-state index contributed by atoms with van der Waals surface area (Å²) in [4.78, 5) is 11.7. The van der Waals surface area contributed by atoms with Crippen LogP contribution in [0.25, 0.3) is 0 Å². The molecule has 0 saturated heterocycles. The quantitative estimate of drug-likeness (QED) is 0.776. The summed E-state index contributed by atoms with van der Waals surface area (Å²) in [5.41, 5.74) is 7.10. The van der Waals surface area contributed by atoms with Crippen molar-refractivity contribution in [1.82, 2.24) is 5.32 Å². The van der Waals surface area contributed by atoms with Crippen LogP contribution < -0.4 is 11.1 Å². The molecular formula is C15H24N2O. The third kappa shape index (κ3) is 4.88. The summed E-state index contributed by atoms with van der Waals surface area (Å²) in [6, 6.07) is 9.81. The molecule has 18 heavy (non-hydrogen) atoms. The molecule has 1 unspecified atom stereocenters. The van der Waals surface area contributed by atoms with Gasteiger partial charge in [0, 0.05) is 12.6 Å². The highest BCUT2D eigenvalue weighted by atomic mass is 16.1. The predicted molar refractivity (Wildman–Crippen MR) is 75.2 cm³/mol. The van der Waals surface area contributed by atoms with Crippen LogP contribution in [0.1, 0.15) is 32.3 Å². The number of amides is 1. The Kier molecular flexibility index (Phi) is 6.44. The maximum Gasteiger partial charge on any atom is 0.224 e. The predicted octanol–water partition coefficient (Wildman–Crippen LogP) is 2.11. The molecule has 0 saturated carbocycles. The fraction of sp³-hybridized carbons (Fsp3) is 0.533. The first-order chi connectivity index (χ1) is 8.67. The van der Waals surface area contributed by atoms with Gasteiger partial charge in [0.05, 0.1) is 6.42 Å². The lowest BCUT2D eigenvalue weighted by Crippen LogP contribution is -2.42. The minimum absolute atomic E-state index is 0.0441. The molecule has 0 aliphatic carbocycles. The zero-order valence-corrected chi connectivity index (χ0v) is 11.4. The highest BCUT2D eigenvalue weighted by Crippen LogP contribution is 2.10. The molecule has 3 nitrogen and oxygen atoms in total. The zero-order valence-electron chi connectivity index (χ0n) is 11.4. The van der Waals surface area contributed by atoms with Gasteiger partial charge < -0.3 is 11.1 Å². The van der Waals surface area contributed by atoms with E-state index in [0.717, 1.165) is 18.4 Å². The minimum Gasteiger partial charge on any atom is -0.354 e. The normalized spacial score (nSPS) is 12.4. The molecule has 0 fully saturated rings. The second-order valence-electron chi connectivity index (χ2n) is 4.71. The molecular weight excluding hydrogens is 224 g/mol. The Balaban J connectivity index is 2.33. The van der Waals surface area contributed by atoms with E-state index in [9.17, 15) is 4.79 Å². The van der Waals surface area contributed by atoms with Crippen LogP contribution >= 0.6 is 0 Å². The Labute approximate surface area is 110 Å². The highest BCUT2D eigenvalue weighted by molar-refractivity contribution is 5.78. The van der Waals surface area contributed by atoms with Gasteiger partial charge in [-0.05, 0) is 11.5 Å². The van der Waals surface area contributed by atoms with Gasteiger partial charge in [-0.1, -0.05) is 57.0 Å². The SMILES string of the molecule is CCC(CC)C(N)CNC(=O)Cc1ccccc1. The molecule has 0 aliphatic rings. The van der Waals surface area contributed by atoms with Gasteiger partial charge in [-0.2, -0.15) is 0 Å². The van der Waals surface area contributed by atoms with E-state index in [1.54, 1.807) is 0 Å². The van der Waals surface area contributed by atoms with E-state index in [2.05, 4.69) is 19.2 Å². The molecule has 1 aromatic rings. The van der Waals surface area contributed by atoms with Crippen LogP contribution in [0, 0.1) is 5.92 Å². The lowest BCUT2D eigenvalue weighted by Gasteiger charge is -2.21. The number of nitrogens with one attached hydrogen (secondary N) is 1. The average Bonchev–Trinajstić information content (AvgIpc) is 2.39. The summed E-state index contributed by atoms with van der Waals surface area (Å²) in [5, 5.41) is 2.92. The summed E-state index contributed by atoms with van der Waals surface area (Å²) in [6.07, 6.45) is 2.55. The fourth-order valence-electron chi connectivity index (χ4n) is 2.14. The van der Waals surface area contributed by atoms with Gasteiger partial charge >= 0.3 is 0 Å². The van der Waals surface area contributed by atoms with Crippen molar-refractivity contribution in [3.63, 3.8) is 0 Å². The van der Waals surface area contributed by atoms with Crippen LogP contribution in [0.15, 0.2) is 30.3 Å². The summed E-state index contributed by atoms with van der Waals surface area (Å²) in [6.45, 7) is 4.84. The van der Waals surface area contributed by atoms with Gasteiger partial charge in [0.2, 0.25) is 5.91 Å². The summed E-state index contributed by atoms with van der Waals surface area (Å²) in [5.74, 6) is 0.532. The Hall–Kier alpha value is -1.35. The molecule has 0 spiro atoms. The molecule has 1 atom stereocenters. The molecule has 3 N–H and O–H groups in total. The summed E-state index contributed by atoms with van der Waals surface area (Å²) < 4.78 is 0. The Morgan fingerprint density at radius 1 is 1.22 bits per heavy atom. The lowest BCUT2D eigenvalue weighted by molar-refractivity contribution is -0.120. The largest absolute Gasteiger partial charge is 0.354 e. The number of carbonyl (C=O) groups excluding carboxylic acids is 1. The standard InChI is InChI=1S/C15H24N2O/c1-3-13(4-2)14(16)11-17-15(18)10-12-8-6-5-7-9-12/h5-9,13-14H,3-4,10-11,16H2,1-2H3,(H,17,18). The molecule has 0 aromatic heterocycles. The van der Waals surface area contributed by atoms with E-state index < -0.39 is 0 Å². The van der Waals surface area contributed by atoms with Gasteiger partial charge in [-0.15, -0.1) is 0 Å². The number of hydrogen-bond acceptors (Lipinski definition) is 2.